The summed E-state index contributed by atoms with van der Waals surface area (Å²) < 4.78 is 43.8. The molecule has 1 aromatic carbocycles. The Morgan fingerprint density at radius 3 is 2.68 bits per heavy atom. The number of alkyl halides is 2. The standard InChI is InChI=1S/C21H20F2N4O4/c1-12-8-18-24-15(20(22)23)10-19(28)27(18)25-21(12)26-6-4-13(5-7-26)31-14-2-3-16-17(9-14)30-11-29-16/h2-3,8-10,13,20H,4-7,11H2,1H3. The number of benzene rings is 1. The van der Waals surface area contributed by atoms with Crippen LogP contribution in [-0.4, -0.2) is 40.6 Å². The van der Waals surface area contributed by atoms with Gasteiger partial charge >= 0.3 is 0 Å². The van der Waals surface area contributed by atoms with Crippen molar-refractivity contribution < 1.29 is 23.0 Å². The molecule has 8 nitrogen and oxygen atoms in total. The first kappa shape index (κ1) is 19.5. The molecule has 0 bridgehead atoms. The lowest BCUT2D eigenvalue weighted by molar-refractivity contribution is 0.146. The molecule has 3 aromatic rings. The van der Waals surface area contributed by atoms with E-state index in [0.29, 0.717) is 30.4 Å². The van der Waals surface area contributed by atoms with E-state index in [2.05, 4.69) is 15.0 Å². The highest BCUT2D eigenvalue weighted by Crippen LogP contribution is 2.36. The van der Waals surface area contributed by atoms with Gasteiger partial charge in [0, 0.05) is 38.1 Å². The number of rotatable bonds is 4. The van der Waals surface area contributed by atoms with E-state index in [1.165, 1.54) is 0 Å². The summed E-state index contributed by atoms with van der Waals surface area (Å²) >= 11 is 0. The van der Waals surface area contributed by atoms with E-state index in [0.717, 1.165) is 34.7 Å². The lowest BCUT2D eigenvalue weighted by atomic mass is 10.1. The molecule has 5 rings (SSSR count). The van der Waals surface area contributed by atoms with Gasteiger partial charge in [-0.25, -0.2) is 13.8 Å². The van der Waals surface area contributed by atoms with Crippen LogP contribution in [0.1, 0.15) is 30.5 Å². The SMILES string of the molecule is Cc1cc2nc(C(F)F)cc(=O)n2nc1N1CCC(Oc2ccc3c(c2)OCO3)CC1. The Morgan fingerprint density at radius 1 is 1.13 bits per heavy atom. The van der Waals surface area contributed by atoms with Crippen LogP contribution in [0.4, 0.5) is 14.6 Å². The average Bonchev–Trinajstić information content (AvgIpc) is 3.22. The van der Waals surface area contributed by atoms with Crippen molar-refractivity contribution >= 4 is 11.5 Å². The van der Waals surface area contributed by atoms with Crippen LogP contribution in [0, 0.1) is 6.92 Å². The summed E-state index contributed by atoms with van der Waals surface area (Å²) in [5.41, 5.74) is -0.276. The third kappa shape index (κ3) is 3.73. The van der Waals surface area contributed by atoms with Gasteiger partial charge < -0.3 is 19.1 Å². The molecule has 162 valence electrons. The largest absolute Gasteiger partial charge is 0.490 e. The average molecular weight is 430 g/mol. The fraction of sp³-hybridized carbons (Fsp3) is 0.381. The van der Waals surface area contributed by atoms with Crippen molar-refractivity contribution in [2.45, 2.75) is 32.3 Å². The molecule has 0 radical (unpaired) electrons. The second-order valence-electron chi connectivity index (χ2n) is 7.56. The van der Waals surface area contributed by atoms with Gasteiger partial charge in [0.1, 0.15) is 17.5 Å². The number of hydrogen-bond acceptors (Lipinski definition) is 7. The van der Waals surface area contributed by atoms with Crippen LogP contribution in [0.25, 0.3) is 5.65 Å². The van der Waals surface area contributed by atoms with Crippen molar-refractivity contribution in [3.8, 4) is 17.2 Å². The molecule has 2 aliphatic heterocycles. The van der Waals surface area contributed by atoms with Crippen molar-refractivity contribution in [3.05, 3.63) is 51.9 Å². The highest BCUT2D eigenvalue weighted by Gasteiger charge is 2.24. The van der Waals surface area contributed by atoms with Gasteiger partial charge in [0.05, 0.1) is 0 Å². The summed E-state index contributed by atoms with van der Waals surface area (Å²) in [7, 11) is 0. The molecule has 0 N–H and O–H groups in total. The number of hydrogen-bond donors (Lipinski definition) is 0. The van der Waals surface area contributed by atoms with Gasteiger partial charge in [0.25, 0.3) is 12.0 Å². The number of aryl methyl sites for hydroxylation is 1. The van der Waals surface area contributed by atoms with E-state index in [-0.39, 0.29) is 18.5 Å². The van der Waals surface area contributed by atoms with Crippen molar-refractivity contribution in [1.29, 1.82) is 0 Å². The Kier molecular flexibility index (Phi) is 4.84. The molecule has 10 heteroatoms. The maximum absolute atomic E-state index is 12.9. The van der Waals surface area contributed by atoms with E-state index in [4.69, 9.17) is 14.2 Å². The number of fused-ring (bicyclic) bond motifs is 2. The van der Waals surface area contributed by atoms with Gasteiger partial charge in [-0.05, 0) is 30.7 Å². The fourth-order valence-corrected chi connectivity index (χ4v) is 3.89. The molecule has 0 saturated carbocycles. The van der Waals surface area contributed by atoms with Gasteiger partial charge in [0.2, 0.25) is 6.79 Å². The highest BCUT2D eigenvalue weighted by molar-refractivity contribution is 5.53. The van der Waals surface area contributed by atoms with Gasteiger partial charge in [-0.2, -0.15) is 4.52 Å². The third-order valence-electron chi connectivity index (χ3n) is 5.45. The molecule has 1 fully saturated rings. The minimum Gasteiger partial charge on any atom is -0.490 e. The van der Waals surface area contributed by atoms with Crippen molar-refractivity contribution in [2.75, 3.05) is 24.8 Å². The summed E-state index contributed by atoms with van der Waals surface area (Å²) in [6.07, 6.45) is -1.23. The zero-order chi connectivity index (χ0) is 21.5. The first-order valence-corrected chi connectivity index (χ1v) is 9.99. The van der Waals surface area contributed by atoms with E-state index >= 15 is 0 Å². The lowest BCUT2D eigenvalue weighted by Gasteiger charge is -2.33. The Labute approximate surface area is 176 Å². The first-order chi connectivity index (χ1) is 15.0. The molecule has 0 unspecified atom stereocenters. The maximum Gasteiger partial charge on any atom is 0.280 e. The lowest BCUT2D eigenvalue weighted by Crippen LogP contribution is -2.39. The Hall–Kier alpha value is -3.43. The molecule has 0 spiro atoms. The van der Waals surface area contributed by atoms with Gasteiger partial charge in [-0.15, -0.1) is 5.10 Å². The number of aromatic nitrogens is 3. The highest BCUT2D eigenvalue weighted by atomic mass is 19.3. The fourth-order valence-electron chi connectivity index (χ4n) is 3.89. The number of ether oxygens (including phenoxy) is 3. The number of anilines is 1. The molecule has 2 aliphatic rings. The number of halogens is 2. The molecule has 31 heavy (non-hydrogen) atoms. The van der Waals surface area contributed by atoms with E-state index < -0.39 is 17.7 Å². The second kappa shape index (κ2) is 7.68. The predicted molar refractivity (Wildman–Crippen MR) is 107 cm³/mol. The molecule has 1 saturated heterocycles. The van der Waals surface area contributed by atoms with Crippen LogP contribution in [-0.2, 0) is 0 Å². The van der Waals surface area contributed by atoms with Crippen molar-refractivity contribution in [1.82, 2.24) is 14.6 Å². The van der Waals surface area contributed by atoms with Crippen LogP contribution >= 0.6 is 0 Å². The Morgan fingerprint density at radius 2 is 1.90 bits per heavy atom. The summed E-state index contributed by atoms with van der Waals surface area (Å²) in [5, 5.41) is 4.40. The Balaban J connectivity index is 1.31. The summed E-state index contributed by atoms with van der Waals surface area (Å²) in [6.45, 7) is 3.42. The van der Waals surface area contributed by atoms with Gasteiger partial charge in [-0.1, -0.05) is 0 Å². The zero-order valence-electron chi connectivity index (χ0n) is 16.8. The van der Waals surface area contributed by atoms with Crippen molar-refractivity contribution in [2.24, 2.45) is 0 Å². The smallest absolute Gasteiger partial charge is 0.280 e. The Bertz CT molecular complexity index is 1190. The van der Waals surface area contributed by atoms with E-state index in [1.807, 2.05) is 25.1 Å². The molecular formula is C21H20F2N4O4. The van der Waals surface area contributed by atoms with E-state index in [1.54, 1.807) is 6.07 Å². The zero-order valence-corrected chi connectivity index (χ0v) is 16.8. The molecule has 4 heterocycles. The monoisotopic (exact) mass is 430 g/mol. The second-order valence-corrected chi connectivity index (χ2v) is 7.56. The normalized spacial score (nSPS) is 16.3. The van der Waals surface area contributed by atoms with Gasteiger partial charge in [0.15, 0.2) is 23.0 Å². The maximum atomic E-state index is 12.9. The van der Waals surface area contributed by atoms with Gasteiger partial charge in [-0.3, -0.25) is 4.79 Å². The predicted octanol–water partition coefficient (Wildman–Crippen LogP) is 3.11. The molecular weight excluding hydrogens is 410 g/mol. The third-order valence-corrected chi connectivity index (χ3v) is 5.45. The summed E-state index contributed by atoms with van der Waals surface area (Å²) in [6, 6.07) is 7.97. The minimum atomic E-state index is -2.80. The first-order valence-electron chi connectivity index (χ1n) is 9.99. The van der Waals surface area contributed by atoms with Crippen LogP contribution < -0.4 is 24.7 Å². The van der Waals surface area contributed by atoms with E-state index in [9.17, 15) is 13.6 Å². The van der Waals surface area contributed by atoms with Crippen molar-refractivity contribution in [3.63, 3.8) is 0 Å². The molecule has 2 aromatic heterocycles. The molecule has 0 atom stereocenters. The number of piperidine rings is 1. The minimum absolute atomic E-state index is 0.0374. The van der Waals surface area contributed by atoms with Crippen LogP contribution in [0.15, 0.2) is 35.1 Å². The van der Waals surface area contributed by atoms with Crippen LogP contribution in [0.5, 0.6) is 17.2 Å². The topological polar surface area (TPSA) is 78.2 Å². The van der Waals surface area contributed by atoms with Crippen LogP contribution in [0.3, 0.4) is 0 Å². The summed E-state index contributed by atoms with van der Waals surface area (Å²) in [5.74, 6) is 2.77. The molecule has 0 aliphatic carbocycles. The summed E-state index contributed by atoms with van der Waals surface area (Å²) in [4.78, 5) is 18.2. The number of nitrogens with zero attached hydrogens (tertiary/aromatic N) is 4. The molecule has 0 amide bonds. The van der Waals surface area contributed by atoms with Crippen LogP contribution in [0.2, 0.25) is 0 Å². The quantitative estimate of drug-likeness (QED) is 0.629.